The number of amides is 1. The van der Waals surface area contributed by atoms with Gasteiger partial charge in [0.15, 0.2) is 0 Å². The molecular formula is C17H27N3O2. The van der Waals surface area contributed by atoms with Crippen LogP contribution in [0.4, 0.5) is 4.79 Å². The monoisotopic (exact) mass is 305 g/mol. The number of carbonyl (C=O) groups is 1. The molecule has 5 heteroatoms. The predicted octanol–water partition coefficient (Wildman–Crippen LogP) is 2.54. The van der Waals surface area contributed by atoms with Crippen LogP contribution in [0.1, 0.15) is 32.3 Å². The number of hydrazine groups is 1. The van der Waals surface area contributed by atoms with Gasteiger partial charge in [0, 0.05) is 19.1 Å². The standard InChI is InChI=1S/C17H27N3O2/c1-14(2)13-22-17(21)19-18-16-9-6-10-20(12-16)11-15-7-4-3-5-8-15/h3-5,7-8,14,16,18H,6,9-13H2,1-2H3,(H,19,21). The molecule has 1 fully saturated rings. The van der Waals surface area contributed by atoms with Crippen molar-refractivity contribution in [1.29, 1.82) is 0 Å². The van der Waals surface area contributed by atoms with E-state index in [0.717, 1.165) is 32.5 Å². The summed E-state index contributed by atoms with van der Waals surface area (Å²) in [5.41, 5.74) is 7.08. The van der Waals surface area contributed by atoms with Crippen molar-refractivity contribution in [2.75, 3.05) is 19.7 Å². The summed E-state index contributed by atoms with van der Waals surface area (Å²) in [6.45, 7) is 7.46. The summed E-state index contributed by atoms with van der Waals surface area (Å²) in [6.07, 6.45) is 1.80. The third kappa shape index (κ3) is 6.03. The van der Waals surface area contributed by atoms with E-state index in [0.29, 0.717) is 12.5 Å². The maximum Gasteiger partial charge on any atom is 0.421 e. The largest absolute Gasteiger partial charge is 0.448 e. The summed E-state index contributed by atoms with van der Waals surface area (Å²) in [6, 6.07) is 10.8. The summed E-state index contributed by atoms with van der Waals surface area (Å²) in [7, 11) is 0. The second-order valence-electron chi connectivity index (χ2n) is 6.32. The Balaban J connectivity index is 1.70. The average Bonchev–Trinajstić information content (AvgIpc) is 2.52. The van der Waals surface area contributed by atoms with Gasteiger partial charge in [-0.25, -0.2) is 10.2 Å². The zero-order valence-corrected chi connectivity index (χ0v) is 13.5. The normalized spacial score (nSPS) is 19.1. The van der Waals surface area contributed by atoms with E-state index in [2.05, 4.69) is 40.0 Å². The van der Waals surface area contributed by atoms with Crippen molar-refractivity contribution < 1.29 is 9.53 Å². The molecule has 1 aromatic rings. The summed E-state index contributed by atoms with van der Waals surface area (Å²) >= 11 is 0. The minimum Gasteiger partial charge on any atom is -0.448 e. The summed E-state index contributed by atoms with van der Waals surface area (Å²) in [5, 5.41) is 0. The van der Waals surface area contributed by atoms with Gasteiger partial charge in [-0.15, -0.1) is 0 Å². The first kappa shape index (κ1) is 16.8. The number of hydrogen-bond acceptors (Lipinski definition) is 4. The lowest BCUT2D eigenvalue weighted by Crippen LogP contribution is -2.52. The van der Waals surface area contributed by atoms with E-state index in [1.807, 2.05) is 19.9 Å². The van der Waals surface area contributed by atoms with E-state index in [1.54, 1.807) is 0 Å². The maximum absolute atomic E-state index is 11.6. The van der Waals surface area contributed by atoms with Crippen LogP contribution in [0.25, 0.3) is 0 Å². The molecule has 1 saturated heterocycles. The van der Waals surface area contributed by atoms with E-state index in [9.17, 15) is 4.79 Å². The molecule has 5 nitrogen and oxygen atoms in total. The number of benzene rings is 1. The fourth-order valence-electron chi connectivity index (χ4n) is 2.60. The fraction of sp³-hybridized carbons (Fsp3) is 0.588. The number of nitrogens with zero attached hydrogens (tertiary/aromatic N) is 1. The molecule has 0 saturated carbocycles. The van der Waals surface area contributed by atoms with Gasteiger partial charge in [-0.2, -0.15) is 0 Å². The Bertz CT molecular complexity index is 450. The van der Waals surface area contributed by atoms with Crippen LogP contribution in [-0.4, -0.2) is 36.7 Å². The van der Waals surface area contributed by atoms with Crippen LogP contribution < -0.4 is 10.9 Å². The first-order valence-corrected chi connectivity index (χ1v) is 8.08. The Morgan fingerprint density at radius 2 is 2.14 bits per heavy atom. The number of nitrogens with one attached hydrogen (secondary N) is 2. The highest BCUT2D eigenvalue weighted by Crippen LogP contribution is 2.13. The molecule has 1 aliphatic rings. The van der Waals surface area contributed by atoms with Crippen molar-refractivity contribution >= 4 is 6.09 Å². The van der Waals surface area contributed by atoms with E-state index >= 15 is 0 Å². The van der Waals surface area contributed by atoms with Gasteiger partial charge in [0.1, 0.15) is 0 Å². The average molecular weight is 305 g/mol. The first-order valence-electron chi connectivity index (χ1n) is 8.08. The highest BCUT2D eigenvalue weighted by molar-refractivity contribution is 5.66. The molecule has 122 valence electrons. The van der Waals surface area contributed by atoms with Gasteiger partial charge in [0.2, 0.25) is 0 Å². The highest BCUT2D eigenvalue weighted by Gasteiger charge is 2.20. The summed E-state index contributed by atoms with van der Waals surface area (Å²) in [4.78, 5) is 14.0. The van der Waals surface area contributed by atoms with E-state index in [-0.39, 0.29) is 6.04 Å². The SMILES string of the molecule is CC(C)COC(=O)NNC1CCCN(Cc2ccccc2)C1. The molecule has 1 unspecified atom stereocenters. The van der Waals surface area contributed by atoms with Crippen molar-refractivity contribution in [3.8, 4) is 0 Å². The Kier molecular flexibility index (Phi) is 6.68. The van der Waals surface area contributed by atoms with E-state index in [4.69, 9.17) is 4.74 Å². The molecule has 2 N–H and O–H groups in total. The highest BCUT2D eigenvalue weighted by atomic mass is 16.6. The molecule has 0 spiro atoms. The molecule has 0 bridgehead atoms. The van der Waals surface area contributed by atoms with Gasteiger partial charge < -0.3 is 4.74 Å². The van der Waals surface area contributed by atoms with E-state index < -0.39 is 6.09 Å². The number of rotatable bonds is 6. The topological polar surface area (TPSA) is 53.6 Å². The molecule has 0 aromatic heterocycles. The van der Waals surface area contributed by atoms with Gasteiger partial charge >= 0.3 is 6.09 Å². The third-order valence-electron chi connectivity index (χ3n) is 3.68. The van der Waals surface area contributed by atoms with Crippen LogP contribution >= 0.6 is 0 Å². The second kappa shape index (κ2) is 8.76. The molecule has 0 radical (unpaired) electrons. The Labute approximate surface area is 133 Å². The lowest BCUT2D eigenvalue weighted by molar-refractivity contribution is 0.119. The van der Waals surface area contributed by atoms with Gasteiger partial charge in [-0.05, 0) is 30.9 Å². The second-order valence-corrected chi connectivity index (χ2v) is 6.32. The smallest absolute Gasteiger partial charge is 0.421 e. The minimum atomic E-state index is -0.395. The molecular weight excluding hydrogens is 278 g/mol. The first-order chi connectivity index (χ1) is 10.6. The Morgan fingerprint density at radius 3 is 2.86 bits per heavy atom. The molecule has 1 heterocycles. The van der Waals surface area contributed by atoms with Crippen LogP contribution in [0, 0.1) is 5.92 Å². The number of hydrogen-bond donors (Lipinski definition) is 2. The maximum atomic E-state index is 11.6. The van der Waals surface area contributed by atoms with Gasteiger partial charge in [0.25, 0.3) is 0 Å². The predicted molar refractivity (Wildman–Crippen MR) is 87.2 cm³/mol. The molecule has 2 rings (SSSR count). The van der Waals surface area contributed by atoms with Crippen molar-refractivity contribution in [1.82, 2.24) is 15.8 Å². The minimum absolute atomic E-state index is 0.268. The van der Waals surface area contributed by atoms with Gasteiger partial charge in [0.05, 0.1) is 6.61 Å². The van der Waals surface area contributed by atoms with Gasteiger partial charge in [-0.3, -0.25) is 10.3 Å². The van der Waals surface area contributed by atoms with Gasteiger partial charge in [-0.1, -0.05) is 44.2 Å². The molecule has 22 heavy (non-hydrogen) atoms. The lowest BCUT2D eigenvalue weighted by atomic mass is 10.1. The van der Waals surface area contributed by atoms with Crippen molar-refractivity contribution in [3.63, 3.8) is 0 Å². The van der Waals surface area contributed by atoms with Crippen LogP contribution in [0.15, 0.2) is 30.3 Å². The fourth-order valence-corrected chi connectivity index (χ4v) is 2.60. The van der Waals surface area contributed by atoms with Crippen molar-refractivity contribution in [3.05, 3.63) is 35.9 Å². The molecule has 1 atom stereocenters. The van der Waals surface area contributed by atoms with Crippen LogP contribution in [0.2, 0.25) is 0 Å². The van der Waals surface area contributed by atoms with Crippen LogP contribution in [-0.2, 0) is 11.3 Å². The molecule has 0 aliphatic carbocycles. The number of piperidine rings is 1. The summed E-state index contributed by atoms with van der Waals surface area (Å²) in [5.74, 6) is 0.349. The lowest BCUT2D eigenvalue weighted by Gasteiger charge is -2.33. The number of carbonyl (C=O) groups excluding carboxylic acids is 1. The quantitative estimate of drug-likeness (QED) is 0.793. The number of likely N-dealkylation sites (tertiary alicyclic amines) is 1. The third-order valence-corrected chi connectivity index (χ3v) is 3.68. The Morgan fingerprint density at radius 1 is 1.36 bits per heavy atom. The van der Waals surface area contributed by atoms with Crippen LogP contribution in [0.3, 0.4) is 0 Å². The molecule has 1 aliphatic heterocycles. The summed E-state index contributed by atoms with van der Waals surface area (Å²) < 4.78 is 5.09. The van der Waals surface area contributed by atoms with Crippen LogP contribution in [0.5, 0.6) is 0 Å². The van der Waals surface area contributed by atoms with Crippen molar-refractivity contribution in [2.24, 2.45) is 5.92 Å². The zero-order chi connectivity index (χ0) is 15.8. The molecule has 1 aromatic carbocycles. The number of ether oxygens (including phenoxy) is 1. The Hall–Kier alpha value is -1.59. The van der Waals surface area contributed by atoms with Crippen molar-refractivity contribution in [2.45, 2.75) is 39.3 Å². The van der Waals surface area contributed by atoms with E-state index in [1.165, 1.54) is 5.56 Å². The molecule has 1 amide bonds. The zero-order valence-electron chi connectivity index (χ0n) is 13.5.